The third-order valence-corrected chi connectivity index (χ3v) is 10.1. The van der Waals surface area contributed by atoms with E-state index in [9.17, 15) is 5.26 Å². The van der Waals surface area contributed by atoms with Crippen LogP contribution in [0.25, 0.3) is 28.0 Å². The maximum absolute atomic E-state index is 9.78. The van der Waals surface area contributed by atoms with Crippen LogP contribution in [0, 0.1) is 11.3 Å². The number of fused-ring (bicyclic) bond motifs is 8. The molecule has 48 heavy (non-hydrogen) atoms. The normalized spacial score (nSPS) is 16.8. The van der Waals surface area contributed by atoms with Gasteiger partial charge in [0.25, 0.3) is 0 Å². The molecule has 1 heterocycles. The largest absolute Gasteiger partial charge is 0.497 e. The van der Waals surface area contributed by atoms with E-state index in [1.54, 1.807) is 14.2 Å². The molecule has 0 fully saturated rings. The SMILES string of the molecule is CCCN(CCC)c1ccc(C2(c3ccc(OC)cc3)C=Cc3c4c(c5ccc(OC)cc5c3O2)-c2ccc(C#N)cc2C4(C)C)cc1. The number of methoxy groups -OCH3 is 2. The standard InChI is InChI=1S/C43H42N2O3/c1-7-23-45(24-8-2)31-14-10-29(11-15-31)43(30-12-16-32(46-5)17-13-30)22-21-36-40-39(34-20-18-33(47-6)26-37(34)41(36)48-43)35-19-9-28(27-44)25-38(35)42(40,3)4/h9-22,25-26H,7-8,23-24H2,1-6H3. The second-order valence-corrected chi connectivity index (χ2v) is 13.3. The topological polar surface area (TPSA) is 54.7 Å². The van der Waals surface area contributed by atoms with Crippen LogP contribution in [0.15, 0.2) is 91.0 Å². The van der Waals surface area contributed by atoms with Crippen molar-refractivity contribution in [3.8, 4) is 34.4 Å². The molecule has 0 spiro atoms. The molecule has 0 amide bonds. The maximum atomic E-state index is 9.78. The van der Waals surface area contributed by atoms with E-state index in [2.05, 4.69) is 105 Å². The van der Waals surface area contributed by atoms with Gasteiger partial charge in [-0.15, -0.1) is 0 Å². The molecule has 242 valence electrons. The van der Waals surface area contributed by atoms with Crippen molar-refractivity contribution in [2.24, 2.45) is 0 Å². The number of hydrogen-bond acceptors (Lipinski definition) is 5. The van der Waals surface area contributed by atoms with Gasteiger partial charge in [0.1, 0.15) is 17.2 Å². The summed E-state index contributed by atoms with van der Waals surface area (Å²) in [7, 11) is 3.39. The number of hydrogen-bond donors (Lipinski definition) is 0. The number of nitriles is 1. The van der Waals surface area contributed by atoms with Crippen LogP contribution in [0.4, 0.5) is 5.69 Å². The van der Waals surface area contributed by atoms with E-state index in [0.717, 1.165) is 81.8 Å². The van der Waals surface area contributed by atoms with E-state index in [0.29, 0.717) is 5.56 Å². The van der Waals surface area contributed by atoms with Crippen molar-refractivity contribution in [1.82, 2.24) is 0 Å². The molecule has 2 aliphatic rings. The summed E-state index contributed by atoms with van der Waals surface area (Å²) in [6.07, 6.45) is 6.67. The fraction of sp³-hybridized carbons (Fsp3) is 0.279. The van der Waals surface area contributed by atoms with E-state index in [1.165, 1.54) is 16.8 Å². The monoisotopic (exact) mass is 634 g/mol. The van der Waals surface area contributed by atoms with Gasteiger partial charge in [0.15, 0.2) is 5.60 Å². The van der Waals surface area contributed by atoms with Crippen molar-refractivity contribution >= 4 is 22.5 Å². The number of anilines is 1. The van der Waals surface area contributed by atoms with Gasteiger partial charge in [-0.3, -0.25) is 0 Å². The molecule has 0 saturated carbocycles. The molecule has 5 nitrogen and oxygen atoms in total. The number of rotatable bonds is 9. The molecule has 0 saturated heterocycles. The average molecular weight is 635 g/mol. The predicted octanol–water partition coefficient (Wildman–Crippen LogP) is 10.0. The molecular formula is C43H42N2O3. The molecule has 0 N–H and O–H groups in total. The Morgan fingerprint density at radius 3 is 2.04 bits per heavy atom. The first-order chi connectivity index (χ1) is 23.3. The summed E-state index contributed by atoms with van der Waals surface area (Å²) in [5.41, 5.74) is 8.47. The average Bonchev–Trinajstić information content (AvgIpc) is 3.37. The van der Waals surface area contributed by atoms with E-state index in [-0.39, 0.29) is 5.41 Å². The lowest BCUT2D eigenvalue weighted by molar-refractivity contribution is 0.163. The molecule has 1 atom stereocenters. The highest BCUT2D eigenvalue weighted by Crippen LogP contribution is 2.58. The zero-order valence-electron chi connectivity index (χ0n) is 28.7. The summed E-state index contributed by atoms with van der Waals surface area (Å²) >= 11 is 0. The highest BCUT2D eigenvalue weighted by Gasteiger charge is 2.44. The van der Waals surface area contributed by atoms with Crippen molar-refractivity contribution in [2.45, 2.75) is 51.6 Å². The Kier molecular flexibility index (Phi) is 7.92. The van der Waals surface area contributed by atoms with Gasteiger partial charge in [-0.05, 0) is 101 Å². The zero-order chi connectivity index (χ0) is 33.6. The molecule has 5 aromatic carbocycles. The second-order valence-electron chi connectivity index (χ2n) is 13.3. The van der Waals surface area contributed by atoms with Crippen LogP contribution >= 0.6 is 0 Å². The van der Waals surface area contributed by atoms with Gasteiger partial charge in [0.05, 0.1) is 25.9 Å². The molecule has 0 aromatic heterocycles. The number of ether oxygens (including phenoxy) is 3. The van der Waals surface area contributed by atoms with Crippen LogP contribution in [-0.4, -0.2) is 27.3 Å². The lowest BCUT2D eigenvalue weighted by Crippen LogP contribution is -2.35. The summed E-state index contributed by atoms with van der Waals surface area (Å²) in [6.45, 7) is 11.0. The van der Waals surface area contributed by atoms with Gasteiger partial charge in [-0.1, -0.05) is 64.1 Å². The third kappa shape index (κ3) is 4.82. The molecule has 1 aliphatic carbocycles. The highest BCUT2D eigenvalue weighted by molar-refractivity contribution is 6.09. The summed E-state index contributed by atoms with van der Waals surface area (Å²) < 4.78 is 18.8. The van der Waals surface area contributed by atoms with Gasteiger partial charge in [0.2, 0.25) is 0 Å². The highest BCUT2D eigenvalue weighted by atomic mass is 16.5. The Balaban J connectivity index is 1.48. The first-order valence-electron chi connectivity index (χ1n) is 16.9. The second kappa shape index (κ2) is 12.1. The predicted molar refractivity (Wildman–Crippen MR) is 195 cm³/mol. The van der Waals surface area contributed by atoms with Gasteiger partial charge in [0, 0.05) is 46.3 Å². The van der Waals surface area contributed by atoms with Gasteiger partial charge >= 0.3 is 0 Å². The Bertz CT molecular complexity index is 2080. The molecule has 7 rings (SSSR count). The lowest BCUT2D eigenvalue weighted by atomic mass is 9.76. The fourth-order valence-electron chi connectivity index (χ4n) is 7.81. The first-order valence-corrected chi connectivity index (χ1v) is 16.9. The van der Waals surface area contributed by atoms with Crippen molar-refractivity contribution in [2.75, 3.05) is 32.2 Å². The zero-order valence-corrected chi connectivity index (χ0v) is 28.7. The molecule has 5 aromatic rings. The lowest BCUT2D eigenvalue weighted by Gasteiger charge is -2.38. The summed E-state index contributed by atoms with van der Waals surface area (Å²) in [4.78, 5) is 2.46. The van der Waals surface area contributed by atoms with Crippen LogP contribution in [-0.2, 0) is 11.0 Å². The van der Waals surface area contributed by atoms with Crippen molar-refractivity contribution in [3.05, 3.63) is 124 Å². The molecule has 0 radical (unpaired) electrons. The van der Waals surface area contributed by atoms with Crippen molar-refractivity contribution < 1.29 is 14.2 Å². The summed E-state index contributed by atoms with van der Waals surface area (Å²) in [5.74, 6) is 2.39. The molecule has 1 unspecified atom stereocenters. The molecule has 5 heteroatoms. The van der Waals surface area contributed by atoms with Crippen molar-refractivity contribution in [3.63, 3.8) is 0 Å². The van der Waals surface area contributed by atoms with E-state index in [1.807, 2.05) is 30.3 Å². The van der Waals surface area contributed by atoms with Crippen LogP contribution < -0.4 is 19.1 Å². The number of nitrogens with zero attached hydrogens (tertiary/aromatic N) is 2. The van der Waals surface area contributed by atoms with Crippen LogP contribution in [0.3, 0.4) is 0 Å². The summed E-state index contributed by atoms with van der Waals surface area (Å²) in [5, 5.41) is 11.9. The third-order valence-electron chi connectivity index (χ3n) is 10.1. The Morgan fingerprint density at radius 1 is 0.771 bits per heavy atom. The Labute approximate surface area is 284 Å². The first kappa shape index (κ1) is 31.4. The smallest absolute Gasteiger partial charge is 0.178 e. The minimum Gasteiger partial charge on any atom is -0.497 e. The Morgan fingerprint density at radius 2 is 1.42 bits per heavy atom. The Hall–Kier alpha value is -5.21. The van der Waals surface area contributed by atoms with Crippen molar-refractivity contribution in [1.29, 1.82) is 5.26 Å². The van der Waals surface area contributed by atoms with Gasteiger partial charge < -0.3 is 19.1 Å². The van der Waals surface area contributed by atoms with Crippen LogP contribution in [0.1, 0.15) is 73.9 Å². The molecule has 0 bridgehead atoms. The maximum Gasteiger partial charge on any atom is 0.178 e. The quantitative estimate of drug-likeness (QED) is 0.162. The molecular weight excluding hydrogens is 592 g/mol. The minimum absolute atomic E-state index is 0.354. The minimum atomic E-state index is -0.897. The van der Waals surface area contributed by atoms with Gasteiger partial charge in [-0.25, -0.2) is 0 Å². The summed E-state index contributed by atoms with van der Waals surface area (Å²) in [6, 6.07) is 31.8. The van der Waals surface area contributed by atoms with E-state index in [4.69, 9.17) is 14.2 Å². The number of benzene rings is 5. The van der Waals surface area contributed by atoms with Gasteiger partial charge in [-0.2, -0.15) is 5.26 Å². The van der Waals surface area contributed by atoms with E-state index < -0.39 is 5.60 Å². The molecule has 1 aliphatic heterocycles. The van der Waals surface area contributed by atoms with E-state index >= 15 is 0 Å². The fourth-order valence-corrected chi connectivity index (χ4v) is 7.81. The van der Waals surface area contributed by atoms with Crippen LogP contribution in [0.5, 0.6) is 17.2 Å². The van der Waals surface area contributed by atoms with Crippen LogP contribution in [0.2, 0.25) is 0 Å².